The molecule has 1 saturated heterocycles. The highest BCUT2D eigenvalue weighted by molar-refractivity contribution is 5.93. The Labute approximate surface area is 169 Å². The van der Waals surface area contributed by atoms with E-state index in [1.807, 2.05) is 25.7 Å². The third kappa shape index (κ3) is 8.64. The fourth-order valence-corrected chi connectivity index (χ4v) is 3.05. The van der Waals surface area contributed by atoms with E-state index in [4.69, 9.17) is 4.74 Å². The van der Waals surface area contributed by atoms with E-state index in [1.54, 1.807) is 12.1 Å². The molecule has 0 aliphatic carbocycles. The first-order valence-electron chi connectivity index (χ1n) is 9.65. The van der Waals surface area contributed by atoms with Gasteiger partial charge >= 0.3 is 12.7 Å². The second-order valence-corrected chi connectivity index (χ2v) is 8.03. The van der Waals surface area contributed by atoms with Crippen LogP contribution >= 0.6 is 0 Å². The Hall–Kier alpha value is -2.42. The summed E-state index contributed by atoms with van der Waals surface area (Å²) in [7, 11) is 0. The summed E-state index contributed by atoms with van der Waals surface area (Å²) in [5.74, 6) is -0.0366. The first-order valence-corrected chi connectivity index (χ1v) is 9.65. The molecule has 1 aromatic carbocycles. The molecular weight excluding hydrogens is 384 g/mol. The predicted molar refractivity (Wildman–Crippen MR) is 105 cm³/mol. The van der Waals surface area contributed by atoms with Crippen molar-refractivity contribution >= 4 is 17.7 Å². The predicted octanol–water partition coefficient (Wildman–Crippen LogP) is 3.46. The zero-order valence-electron chi connectivity index (χ0n) is 17.0. The van der Waals surface area contributed by atoms with Gasteiger partial charge in [-0.1, -0.05) is 12.1 Å². The monoisotopic (exact) mass is 413 g/mol. The smallest absolute Gasteiger partial charge is 0.407 e. The maximum atomic E-state index is 12.5. The summed E-state index contributed by atoms with van der Waals surface area (Å²) in [5, 5.41) is 5.41. The summed E-state index contributed by atoms with van der Waals surface area (Å²) in [6.07, 6.45) is 1.26. The molecule has 1 aliphatic rings. The van der Waals surface area contributed by atoms with Gasteiger partial charge in [0.15, 0.2) is 0 Å². The minimum Gasteiger partial charge on any atom is -0.444 e. The Morgan fingerprint density at radius 3 is 2.48 bits per heavy atom. The molecule has 0 spiro atoms. The lowest BCUT2D eigenvalue weighted by Gasteiger charge is -2.31. The number of hydrogen-bond donors (Lipinski definition) is 2. The van der Waals surface area contributed by atoms with Crippen molar-refractivity contribution < 1.29 is 27.8 Å². The molecule has 2 N–H and O–H groups in total. The number of halogens is 2. The van der Waals surface area contributed by atoms with Gasteiger partial charge < -0.3 is 20.1 Å². The van der Waals surface area contributed by atoms with Crippen molar-refractivity contribution in [2.75, 3.05) is 31.5 Å². The molecule has 0 radical (unpaired) electrons. The maximum Gasteiger partial charge on any atom is 0.407 e. The van der Waals surface area contributed by atoms with Crippen LogP contribution in [0.15, 0.2) is 24.3 Å². The van der Waals surface area contributed by atoms with Crippen LogP contribution in [0.25, 0.3) is 0 Å². The summed E-state index contributed by atoms with van der Waals surface area (Å²) >= 11 is 0. The number of amides is 2. The highest BCUT2D eigenvalue weighted by Crippen LogP contribution is 2.25. The Kier molecular flexibility index (Phi) is 8.19. The third-order valence-electron chi connectivity index (χ3n) is 4.39. The number of likely N-dealkylation sites (tertiary alicyclic amines) is 1. The van der Waals surface area contributed by atoms with Crippen molar-refractivity contribution in [3.05, 3.63) is 24.3 Å². The molecule has 2 rings (SSSR count). The van der Waals surface area contributed by atoms with E-state index in [2.05, 4.69) is 15.4 Å². The van der Waals surface area contributed by atoms with Crippen LogP contribution in [0.1, 0.15) is 33.6 Å². The highest BCUT2D eigenvalue weighted by Gasteiger charge is 2.23. The largest absolute Gasteiger partial charge is 0.444 e. The fourth-order valence-electron chi connectivity index (χ4n) is 3.05. The van der Waals surface area contributed by atoms with Crippen LogP contribution in [-0.4, -0.2) is 55.3 Å². The molecule has 0 bridgehead atoms. The molecule has 0 aromatic heterocycles. The number of nitrogens with zero attached hydrogens (tertiary/aromatic N) is 1. The molecule has 2 amide bonds. The zero-order chi connectivity index (χ0) is 21.4. The van der Waals surface area contributed by atoms with Crippen LogP contribution in [0.3, 0.4) is 0 Å². The number of alkyl carbamates (subject to hydrolysis) is 1. The molecule has 1 aliphatic heterocycles. The standard InChI is InChI=1S/C20H29F2N3O4/c1-20(2,3)29-19(27)23-12-14-8-10-25(11-9-14)13-17(26)24-15-6-4-5-7-16(15)28-18(21)22/h4-7,14,18H,8-13H2,1-3H3,(H,23,27)(H,24,26). The van der Waals surface area contributed by atoms with E-state index in [1.165, 1.54) is 12.1 Å². The molecule has 0 unspecified atom stereocenters. The molecule has 1 fully saturated rings. The lowest BCUT2D eigenvalue weighted by Crippen LogP contribution is -2.42. The van der Waals surface area contributed by atoms with Crippen molar-refractivity contribution in [3.63, 3.8) is 0 Å². The first-order chi connectivity index (χ1) is 13.6. The van der Waals surface area contributed by atoms with Gasteiger partial charge in [-0.3, -0.25) is 9.69 Å². The number of para-hydroxylation sites is 2. The van der Waals surface area contributed by atoms with Crippen LogP contribution in [0.5, 0.6) is 5.75 Å². The van der Waals surface area contributed by atoms with Crippen molar-refractivity contribution in [2.45, 2.75) is 45.8 Å². The summed E-state index contributed by atoms with van der Waals surface area (Å²) < 4.78 is 34.6. The topological polar surface area (TPSA) is 79.9 Å². The average Bonchev–Trinajstić information content (AvgIpc) is 2.61. The number of carbonyl (C=O) groups is 2. The summed E-state index contributed by atoms with van der Waals surface area (Å²) in [6.45, 7) is 4.60. The van der Waals surface area contributed by atoms with Gasteiger partial charge in [0.25, 0.3) is 0 Å². The Morgan fingerprint density at radius 1 is 1.21 bits per heavy atom. The minimum atomic E-state index is -2.96. The Balaban J connectivity index is 1.73. The lowest BCUT2D eigenvalue weighted by atomic mass is 9.97. The van der Waals surface area contributed by atoms with Crippen molar-refractivity contribution in [1.82, 2.24) is 10.2 Å². The minimum absolute atomic E-state index is 0.0669. The number of ether oxygens (including phenoxy) is 2. The number of alkyl halides is 2. The van der Waals surface area contributed by atoms with E-state index in [0.29, 0.717) is 25.6 Å². The molecule has 7 nitrogen and oxygen atoms in total. The number of piperidine rings is 1. The van der Waals surface area contributed by atoms with Gasteiger partial charge in [-0.15, -0.1) is 0 Å². The molecule has 1 heterocycles. The second-order valence-electron chi connectivity index (χ2n) is 8.03. The molecule has 29 heavy (non-hydrogen) atoms. The summed E-state index contributed by atoms with van der Waals surface area (Å²) in [5.41, 5.74) is -0.311. The number of anilines is 1. The number of nitrogens with one attached hydrogen (secondary N) is 2. The first kappa shape index (κ1) is 22.9. The Bertz CT molecular complexity index is 687. The van der Waals surface area contributed by atoms with Crippen LogP contribution in [-0.2, 0) is 9.53 Å². The maximum absolute atomic E-state index is 12.5. The molecule has 0 atom stereocenters. The van der Waals surface area contributed by atoms with Crippen LogP contribution in [0, 0.1) is 5.92 Å². The van der Waals surface area contributed by atoms with Gasteiger partial charge in [-0.2, -0.15) is 8.78 Å². The van der Waals surface area contributed by atoms with E-state index in [-0.39, 0.29) is 23.9 Å². The number of hydrogen-bond acceptors (Lipinski definition) is 5. The molecule has 9 heteroatoms. The van der Waals surface area contributed by atoms with E-state index >= 15 is 0 Å². The van der Waals surface area contributed by atoms with E-state index in [0.717, 1.165) is 12.8 Å². The van der Waals surface area contributed by atoms with Gasteiger partial charge in [0.1, 0.15) is 11.4 Å². The van der Waals surface area contributed by atoms with Crippen LogP contribution in [0.2, 0.25) is 0 Å². The summed E-state index contributed by atoms with van der Waals surface area (Å²) in [4.78, 5) is 26.0. The average molecular weight is 413 g/mol. The Morgan fingerprint density at radius 2 is 1.86 bits per heavy atom. The van der Waals surface area contributed by atoms with Gasteiger partial charge in [-0.05, 0) is 64.8 Å². The van der Waals surface area contributed by atoms with Crippen LogP contribution < -0.4 is 15.4 Å². The van der Waals surface area contributed by atoms with Crippen molar-refractivity contribution in [1.29, 1.82) is 0 Å². The molecule has 0 saturated carbocycles. The molecular formula is C20H29F2N3O4. The van der Waals surface area contributed by atoms with Gasteiger partial charge in [-0.25, -0.2) is 4.79 Å². The quantitative estimate of drug-likeness (QED) is 0.716. The summed E-state index contributed by atoms with van der Waals surface area (Å²) in [6, 6.07) is 6.09. The van der Waals surface area contributed by atoms with E-state index < -0.39 is 18.3 Å². The number of carbonyl (C=O) groups excluding carboxylic acids is 2. The number of rotatable bonds is 7. The number of benzene rings is 1. The van der Waals surface area contributed by atoms with Crippen molar-refractivity contribution in [3.8, 4) is 5.75 Å². The van der Waals surface area contributed by atoms with E-state index in [9.17, 15) is 18.4 Å². The van der Waals surface area contributed by atoms with Crippen LogP contribution in [0.4, 0.5) is 19.3 Å². The third-order valence-corrected chi connectivity index (χ3v) is 4.39. The molecule has 1 aromatic rings. The molecule has 162 valence electrons. The normalized spacial score (nSPS) is 15.8. The van der Waals surface area contributed by atoms with Gasteiger partial charge in [0.05, 0.1) is 12.2 Å². The fraction of sp³-hybridized carbons (Fsp3) is 0.600. The zero-order valence-corrected chi connectivity index (χ0v) is 17.0. The highest BCUT2D eigenvalue weighted by atomic mass is 19.3. The SMILES string of the molecule is CC(C)(C)OC(=O)NCC1CCN(CC(=O)Nc2ccccc2OC(F)F)CC1. The van der Waals surface area contributed by atoms with Gasteiger partial charge in [0.2, 0.25) is 5.91 Å². The lowest BCUT2D eigenvalue weighted by molar-refractivity contribution is -0.117. The van der Waals surface area contributed by atoms with Gasteiger partial charge in [0, 0.05) is 6.54 Å². The van der Waals surface area contributed by atoms with Crippen molar-refractivity contribution in [2.24, 2.45) is 5.92 Å². The second kappa shape index (κ2) is 10.4.